The van der Waals surface area contributed by atoms with Crippen LogP contribution >= 0.6 is 11.8 Å². The summed E-state index contributed by atoms with van der Waals surface area (Å²) in [4.78, 5) is 42.4. The van der Waals surface area contributed by atoms with Gasteiger partial charge in [-0.05, 0) is 66.3 Å². The molecule has 1 unspecified atom stereocenters. The molecule has 0 spiro atoms. The van der Waals surface area contributed by atoms with E-state index in [4.69, 9.17) is 9.16 Å². The van der Waals surface area contributed by atoms with Gasteiger partial charge in [0.15, 0.2) is 8.32 Å². The highest BCUT2D eigenvalue weighted by molar-refractivity contribution is 8.00. The van der Waals surface area contributed by atoms with Gasteiger partial charge in [0.25, 0.3) is 5.56 Å². The lowest BCUT2D eigenvalue weighted by molar-refractivity contribution is -0.113. The molecule has 4 heterocycles. The third-order valence-corrected chi connectivity index (χ3v) is 15.3. The Balaban J connectivity index is 1.16. The third kappa shape index (κ3) is 6.42. The average molecular weight is 653 g/mol. The average Bonchev–Trinajstić information content (AvgIpc) is 3.55. The van der Waals surface area contributed by atoms with E-state index in [-0.39, 0.29) is 34.3 Å². The molecule has 1 N–H and O–H groups in total. The van der Waals surface area contributed by atoms with Crippen LogP contribution in [0.2, 0.25) is 18.1 Å². The molecule has 2 atom stereocenters. The van der Waals surface area contributed by atoms with Gasteiger partial charge in [-0.15, -0.1) is 11.8 Å². The molecule has 1 aromatic heterocycles. The smallest absolute Gasteiger partial charge is 0.414 e. The number of nitrogens with one attached hydrogen (secondary N) is 1. The molecule has 12 heteroatoms. The van der Waals surface area contributed by atoms with Gasteiger partial charge in [-0.2, -0.15) is 0 Å². The van der Waals surface area contributed by atoms with Gasteiger partial charge in [0, 0.05) is 60.9 Å². The Kier molecular flexibility index (Phi) is 8.61. The van der Waals surface area contributed by atoms with Crippen LogP contribution < -0.4 is 15.8 Å². The van der Waals surface area contributed by atoms with Crippen molar-refractivity contribution in [3.8, 4) is 0 Å². The van der Waals surface area contributed by atoms with Crippen LogP contribution in [0.4, 0.5) is 20.6 Å². The van der Waals surface area contributed by atoms with Crippen molar-refractivity contribution in [3.63, 3.8) is 0 Å². The van der Waals surface area contributed by atoms with E-state index in [1.165, 1.54) is 17.8 Å². The van der Waals surface area contributed by atoms with E-state index in [9.17, 15) is 14.4 Å². The van der Waals surface area contributed by atoms with Crippen LogP contribution in [-0.4, -0.2) is 74.4 Å². The summed E-state index contributed by atoms with van der Waals surface area (Å²) in [6, 6.07) is 12.2. The largest absolute Gasteiger partial charge is 0.444 e. The van der Waals surface area contributed by atoms with Gasteiger partial charge in [0.1, 0.15) is 11.9 Å². The first-order valence-electron chi connectivity index (χ1n) is 15.5. The number of thioether (sulfide) groups is 1. The van der Waals surface area contributed by atoms with Crippen molar-refractivity contribution in [2.24, 2.45) is 0 Å². The molecule has 0 saturated carbocycles. The molecule has 0 radical (unpaired) electrons. The monoisotopic (exact) mass is 652 g/mol. The third-order valence-electron chi connectivity index (χ3n) is 9.65. The number of halogens is 1. The van der Waals surface area contributed by atoms with Gasteiger partial charge < -0.3 is 23.9 Å². The van der Waals surface area contributed by atoms with Crippen molar-refractivity contribution in [2.45, 2.75) is 68.8 Å². The summed E-state index contributed by atoms with van der Waals surface area (Å²) in [5, 5.41) is 3.82. The predicted molar refractivity (Wildman–Crippen MR) is 179 cm³/mol. The zero-order chi connectivity index (χ0) is 32.1. The Bertz CT molecular complexity index is 1710. The number of amides is 2. The second-order valence-electron chi connectivity index (χ2n) is 13.7. The van der Waals surface area contributed by atoms with Crippen LogP contribution in [0.3, 0.4) is 0 Å². The molecule has 0 aliphatic carbocycles. The van der Waals surface area contributed by atoms with E-state index in [1.54, 1.807) is 27.7 Å². The lowest BCUT2D eigenvalue weighted by atomic mass is 9.98. The SMILES string of the molecule is CC(C)(C)[Si](C)(C)OCCN(CC[C@H]1CN(c2ccc3c(c2)NC(=O)CS3)C(=O)O1)CC1Cn2c(=O)ccc3ccc(F)c1c32. The Hall–Kier alpha value is -3.19. The van der Waals surface area contributed by atoms with Gasteiger partial charge in [-0.25, -0.2) is 9.18 Å². The fourth-order valence-electron chi connectivity index (χ4n) is 6.13. The standard InChI is InChI=1S/C33H41FN4O5SSi/c1-33(2,3)45(4,5)42-15-14-36(17-22-18-38-29(40)11-7-21-6-9-25(34)30(22)31(21)38)13-12-24-19-37(32(41)43-24)23-8-10-27-26(16-23)35-28(39)20-44-27/h6-11,16,22,24H,12-15,17-20H2,1-5H3,(H,35,39)/t22?,24-/m0/s1. The number of carbonyl (C=O) groups is 2. The Morgan fingerprint density at radius 3 is 2.64 bits per heavy atom. The molecule has 2 aromatic carbocycles. The number of hydrogen-bond donors (Lipinski definition) is 1. The number of ether oxygens (including phenoxy) is 1. The summed E-state index contributed by atoms with van der Waals surface area (Å²) in [6.07, 6.45) is -0.154. The fraction of sp³-hybridized carbons (Fsp3) is 0.485. The normalized spacial score (nSPS) is 19.8. The molecule has 240 valence electrons. The molecule has 1 saturated heterocycles. The summed E-state index contributed by atoms with van der Waals surface area (Å²) in [5.74, 6) is -0.163. The Labute approximate surface area is 268 Å². The molecule has 3 aliphatic heterocycles. The second-order valence-corrected chi connectivity index (χ2v) is 19.5. The number of aromatic nitrogens is 1. The number of hydrogen-bond acceptors (Lipinski definition) is 7. The number of benzene rings is 2. The first-order valence-corrected chi connectivity index (χ1v) is 19.4. The molecule has 9 nitrogen and oxygen atoms in total. The number of anilines is 2. The Morgan fingerprint density at radius 2 is 1.87 bits per heavy atom. The lowest BCUT2D eigenvalue weighted by Crippen LogP contribution is -2.43. The van der Waals surface area contributed by atoms with Gasteiger partial charge in [-0.3, -0.25) is 14.5 Å². The maximum absolute atomic E-state index is 15.3. The topological polar surface area (TPSA) is 93.1 Å². The van der Waals surface area contributed by atoms with Gasteiger partial charge in [0.05, 0.1) is 23.5 Å². The quantitative estimate of drug-likeness (QED) is 0.268. The van der Waals surface area contributed by atoms with E-state index in [1.807, 2.05) is 18.2 Å². The van der Waals surface area contributed by atoms with Crippen LogP contribution in [-0.2, 0) is 20.5 Å². The second kappa shape index (κ2) is 12.2. The highest BCUT2D eigenvalue weighted by Gasteiger charge is 2.38. The highest BCUT2D eigenvalue weighted by Crippen LogP contribution is 2.38. The van der Waals surface area contributed by atoms with Crippen molar-refractivity contribution >= 4 is 54.4 Å². The molecule has 45 heavy (non-hydrogen) atoms. The van der Waals surface area contributed by atoms with E-state index in [0.717, 1.165) is 10.3 Å². The predicted octanol–water partition coefficient (Wildman–Crippen LogP) is 6.02. The summed E-state index contributed by atoms with van der Waals surface area (Å²) >= 11 is 1.48. The van der Waals surface area contributed by atoms with E-state index in [0.29, 0.717) is 74.0 Å². The number of cyclic esters (lactones) is 1. The van der Waals surface area contributed by atoms with Crippen LogP contribution in [0.5, 0.6) is 0 Å². The van der Waals surface area contributed by atoms with Crippen LogP contribution in [0.25, 0.3) is 10.9 Å². The van der Waals surface area contributed by atoms with Crippen molar-refractivity contribution in [3.05, 3.63) is 64.2 Å². The van der Waals surface area contributed by atoms with Gasteiger partial charge in [-0.1, -0.05) is 20.8 Å². The van der Waals surface area contributed by atoms with Gasteiger partial charge in [0.2, 0.25) is 5.91 Å². The molecule has 0 bridgehead atoms. The maximum Gasteiger partial charge on any atom is 0.414 e. The summed E-state index contributed by atoms with van der Waals surface area (Å²) in [5.41, 5.74) is 2.54. The zero-order valence-electron chi connectivity index (χ0n) is 26.5. The molecular weight excluding hydrogens is 612 g/mol. The summed E-state index contributed by atoms with van der Waals surface area (Å²) in [6.45, 7) is 14.2. The van der Waals surface area contributed by atoms with E-state index < -0.39 is 14.4 Å². The summed E-state index contributed by atoms with van der Waals surface area (Å²) < 4.78 is 29.3. The van der Waals surface area contributed by atoms with E-state index >= 15 is 4.39 Å². The number of nitrogens with zero attached hydrogens (tertiary/aromatic N) is 3. The van der Waals surface area contributed by atoms with Gasteiger partial charge >= 0.3 is 6.09 Å². The van der Waals surface area contributed by atoms with E-state index in [2.05, 4.69) is 44.1 Å². The molecule has 3 aliphatic rings. The van der Waals surface area contributed by atoms with Crippen LogP contribution in [0.15, 0.2) is 52.2 Å². The molecule has 6 rings (SSSR count). The lowest BCUT2D eigenvalue weighted by Gasteiger charge is -2.37. The number of fused-ring (bicyclic) bond motifs is 1. The fourth-order valence-corrected chi connectivity index (χ4v) is 7.95. The minimum absolute atomic E-state index is 0.0597. The molecule has 1 fully saturated rings. The van der Waals surface area contributed by atoms with Crippen LogP contribution in [0.1, 0.15) is 38.7 Å². The number of rotatable bonds is 10. The minimum Gasteiger partial charge on any atom is -0.444 e. The van der Waals surface area contributed by atoms with Crippen molar-refractivity contribution < 1.29 is 23.1 Å². The first-order chi connectivity index (χ1) is 21.3. The molecular formula is C33H41FN4O5SSi. The minimum atomic E-state index is -1.98. The number of carbonyl (C=O) groups excluding carboxylic acids is 2. The molecule has 2 amide bonds. The number of pyridine rings is 1. The van der Waals surface area contributed by atoms with Crippen molar-refractivity contribution in [1.82, 2.24) is 9.47 Å². The first kappa shape index (κ1) is 31.8. The Morgan fingerprint density at radius 1 is 1.09 bits per heavy atom. The van der Waals surface area contributed by atoms with Crippen LogP contribution in [0, 0.1) is 5.82 Å². The van der Waals surface area contributed by atoms with Crippen molar-refractivity contribution in [1.29, 1.82) is 0 Å². The highest BCUT2D eigenvalue weighted by atomic mass is 32.2. The molecule has 3 aromatic rings. The zero-order valence-corrected chi connectivity index (χ0v) is 28.3. The maximum atomic E-state index is 15.3. The summed E-state index contributed by atoms with van der Waals surface area (Å²) in [7, 11) is -1.98. The van der Waals surface area contributed by atoms with Crippen molar-refractivity contribution in [2.75, 3.05) is 48.8 Å².